The zero-order valence-electron chi connectivity index (χ0n) is 12.1. The van der Waals surface area contributed by atoms with Crippen molar-refractivity contribution in [1.82, 2.24) is 5.32 Å². The minimum Gasteiger partial charge on any atom is -0.396 e. The van der Waals surface area contributed by atoms with Gasteiger partial charge in [0, 0.05) is 12.6 Å². The maximum Gasteiger partial charge on any atom is 0.0446 e. The van der Waals surface area contributed by atoms with Crippen molar-refractivity contribution in [2.45, 2.75) is 65.8 Å². The molecular weight excluding hydrogens is 210 g/mol. The van der Waals surface area contributed by atoms with E-state index in [-0.39, 0.29) is 12.0 Å². The Morgan fingerprint density at radius 3 is 2.53 bits per heavy atom. The fraction of sp³-hybridized carbons (Fsp3) is 1.00. The predicted octanol–water partition coefficient (Wildman–Crippen LogP) is 3.20. The third-order valence-electron chi connectivity index (χ3n) is 4.16. The van der Waals surface area contributed by atoms with Gasteiger partial charge < -0.3 is 10.4 Å². The van der Waals surface area contributed by atoms with Gasteiger partial charge in [0.15, 0.2) is 0 Å². The monoisotopic (exact) mass is 241 g/mol. The SMILES string of the molecule is CC1CCCC(CNC(CCO)C(C)(C)C)C1. The molecule has 0 aliphatic heterocycles. The Bertz CT molecular complexity index is 209. The average molecular weight is 241 g/mol. The van der Waals surface area contributed by atoms with Crippen molar-refractivity contribution in [1.29, 1.82) is 0 Å². The molecule has 1 saturated carbocycles. The van der Waals surface area contributed by atoms with Crippen LogP contribution in [0.4, 0.5) is 0 Å². The molecule has 3 unspecified atom stereocenters. The van der Waals surface area contributed by atoms with Crippen LogP contribution in [-0.2, 0) is 0 Å². The van der Waals surface area contributed by atoms with Gasteiger partial charge in [0.25, 0.3) is 0 Å². The van der Waals surface area contributed by atoms with Crippen LogP contribution in [0.2, 0.25) is 0 Å². The number of hydrogen-bond donors (Lipinski definition) is 2. The zero-order chi connectivity index (χ0) is 12.9. The van der Waals surface area contributed by atoms with E-state index in [1.165, 1.54) is 25.7 Å². The van der Waals surface area contributed by atoms with Gasteiger partial charge in [-0.1, -0.05) is 40.5 Å². The topological polar surface area (TPSA) is 32.3 Å². The number of hydrogen-bond acceptors (Lipinski definition) is 2. The van der Waals surface area contributed by atoms with Gasteiger partial charge in [-0.2, -0.15) is 0 Å². The van der Waals surface area contributed by atoms with Crippen molar-refractivity contribution < 1.29 is 5.11 Å². The Morgan fingerprint density at radius 1 is 1.29 bits per heavy atom. The normalized spacial score (nSPS) is 28.1. The van der Waals surface area contributed by atoms with Crippen LogP contribution in [0.3, 0.4) is 0 Å². The molecule has 0 aromatic rings. The number of rotatable bonds is 5. The molecule has 1 aliphatic carbocycles. The van der Waals surface area contributed by atoms with Crippen molar-refractivity contribution in [3.05, 3.63) is 0 Å². The summed E-state index contributed by atoms with van der Waals surface area (Å²) in [7, 11) is 0. The molecule has 0 heterocycles. The van der Waals surface area contributed by atoms with Gasteiger partial charge in [0.2, 0.25) is 0 Å². The maximum atomic E-state index is 9.14. The second kappa shape index (κ2) is 6.75. The van der Waals surface area contributed by atoms with Gasteiger partial charge in [-0.3, -0.25) is 0 Å². The molecule has 0 saturated heterocycles. The quantitative estimate of drug-likeness (QED) is 0.775. The van der Waals surface area contributed by atoms with Crippen molar-refractivity contribution in [3.8, 4) is 0 Å². The van der Waals surface area contributed by atoms with E-state index >= 15 is 0 Å². The lowest BCUT2D eigenvalue weighted by Crippen LogP contribution is -2.43. The van der Waals surface area contributed by atoms with Gasteiger partial charge in [0.1, 0.15) is 0 Å². The van der Waals surface area contributed by atoms with E-state index in [0.29, 0.717) is 6.04 Å². The lowest BCUT2D eigenvalue weighted by molar-refractivity contribution is 0.181. The molecule has 0 spiro atoms. The smallest absolute Gasteiger partial charge is 0.0446 e. The Morgan fingerprint density at radius 2 is 2.00 bits per heavy atom. The standard InChI is InChI=1S/C15H31NO/c1-12-6-5-7-13(10-12)11-16-14(8-9-17)15(2,3)4/h12-14,16-17H,5-11H2,1-4H3. The molecule has 0 aromatic heterocycles. The van der Waals surface area contributed by atoms with Gasteiger partial charge >= 0.3 is 0 Å². The molecule has 0 aromatic carbocycles. The van der Waals surface area contributed by atoms with Crippen LogP contribution in [0.15, 0.2) is 0 Å². The molecule has 1 aliphatic rings. The maximum absolute atomic E-state index is 9.14. The molecule has 0 radical (unpaired) electrons. The van der Waals surface area contributed by atoms with Gasteiger partial charge in [-0.15, -0.1) is 0 Å². The summed E-state index contributed by atoms with van der Waals surface area (Å²) >= 11 is 0. The predicted molar refractivity (Wildman–Crippen MR) is 74.1 cm³/mol. The van der Waals surface area contributed by atoms with Crippen molar-refractivity contribution in [2.75, 3.05) is 13.2 Å². The molecule has 0 amide bonds. The molecule has 2 N–H and O–H groups in total. The number of nitrogens with one attached hydrogen (secondary N) is 1. The van der Waals surface area contributed by atoms with E-state index in [4.69, 9.17) is 5.11 Å². The van der Waals surface area contributed by atoms with Crippen LogP contribution in [0, 0.1) is 17.3 Å². The van der Waals surface area contributed by atoms with Crippen molar-refractivity contribution >= 4 is 0 Å². The summed E-state index contributed by atoms with van der Waals surface area (Å²) in [5.41, 5.74) is 0.239. The van der Waals surface area contributed by atoms with Crippen molar-refractivity contribution in [3.63, 3.8) is 0 Å². The first-order valence-electron chi connectivity index (χ1n) is 7.27. The first kappa shape index (κ1) is 15.0. The number of aliphatic hydroxyl groups is 1. The third-order valence-corrected chi connectivity index (χ3v) is 4.16. The van der Waals surface area contributed by atoms with E-state index in [1.54, 1.807) is 0 Å². The summed E-state index contributed by atoms with van der Waals surface area (Å²) in [5, 5.41) is 12.8. The van der Waals surface area contributed by atoms with E-state index in [1.807, 2.05) is 0 Å². The Labute approximate surface area is 107 Å². The first-order chi connectivity index (χ1) is 7.93. The van der Waals surface area contributed by atoms with Gasteiger partial charge in [0.05, 0.1) is 0 Å². The third kappa shape index (κ3) is 5.39. The largest absolute Gasteiger partial charge is 0.396 e. The average Bonchev–Trinajstić information content (AvgIpc) is 2.22. The lowest BCUT2D eigenvalue weighted by Gasteiger charge is -2.34. The van der Waals surface area contributed by atoms with Crippen LogP contribution in [-0.4, -0.2) is 24.3 Å². The van der Waals surface area contributed by atoms with Crippen molar-refractivity contribution in [2.24, 2.45) is 17.3 Å². The highest BCUT2D eigenvalue weighted by atomic mass is 16.3. The summed E-state index contributed by atoms with van der Waals surface area (Å²) in [6.07, 6.45) is 6.44. The molecule has 0 bridgehead atoms. The van der Waals surface area contributed by atoms with E-state index < -0.39 is 0 Å². The van der Waals surface area contributed by atoms with Crippen LogP contribution in [0.1, 0.15) is 59.8 Å². The number of aliphatic hydroxyl groups excluding tert-OH is 1. The van der Waals surface area contributed by atoms with Gasteiger partial charge in [-0.05, 0) is 43.1 Å². The molecular formula is C15H31NO. The Kier molecular flexibility index (Phi) is 5.94. The van der Waals surface area contributed by atoms with E-state index in [9.17, 15) is 0 Å². The van der Waals surface area contributed by atoms with Crippen LogP contribution in [0.25, 0.3) is 0 Å². The molecule has 102 valence electrons. The molecule has 2 nitrogen and oxygen atoms in total. The summed E-state index contributed by atoms with van der Waals surface area (Å²) in [4.78, 5) is 0. The van der Waals surface area contributed by atoms with E-state index in [0.717, 1.165) is 24.8 Å². The molecule has 17 heavy (non-hydrogen) atoms. The minimum absolute atomic E-state index is 0.239. The molecule has 1 fully saturated rings. The highest BCUT2D eigenvalue weighted by Crippen LogP contribution is 2.29. The second-order valence-corrected chi connectivity index (χ2v) is 6.98. The lowest BCUT2D eigenvalue weighted by atomic mass is 9.81. The Hall–Kier alpha value is -0.0800. The summed E-state index contributed by atoms with van der Waals surface area (Å²) in [6, 6.07) is 0.435. The molecule has 3 atom stereocenters. The van der Waals surface area contributed by atoms with E-state index in [2.05, 4.69) is 33.0 Å². The summed E-state index contributed by atoms with van der Waals surface area (Å²) in [6.45, 7) is 10.6. The van der Waals surface area contributed by atoms with Crippen LogP contribution >= 0.6 is 0 Å². The highest BCUT2D eigenvalue weighted by Gasteiger charge is 2.25. The van der Waals surface area contributed by atoms with Crippen LogP contribution in [0.5, 0.6) is 0 Å². The fourth-order valence-electron chi connectivity index (χ4n) is 3.02. The Balaban J connectivity index is 2.35. The summed E-state index contributed by atoms with van der Waals surface area (Å²) < 4.78 is 0. The molecule has 2 heteroatoms. The zero-order valence-corrected chi connectivity index (χ0v) is 12.1. The highest BCUT2D eigenvalue weighted by molar-refractivity contribution is 4.82. The fourth-order valence-corrected chi connectivity index (χ4v) is 3.02. The minimum atomic E-state index is 0.239. The first-order valence-corrected chi connectivity index (χ1v) is 7.27. The second-order valence-electron chi connectivity index (χ2n) is 6.98. The summed E-state index contributed by atoms with van der Waals surface area (Å²) in [5.74, 6) is 1.75. The van der Waals surface area contributed by atoms with Crippen LogP contribution < -0.4 is 5.32 Å². The molecule has 1 rings (SSSR count). The van der Waals surface area contributed by atoms with Gasteiger partial charge in [-0.25, -0.2) is 0 Å².